The summed E-state index contributed by atoms with van der Waals surface area (Å²) in [5.74, 6) is 0. The van der Waals surface area contributed by atoms with E-state index in [2.05, 4.69) is 16.7 Å². The zero-order chi connectivity index (χ0) is 12.5. The molecule has 0 saturated carbocycles. The highest BCUT2D eigenvalue weighted by Gasteiger charge is 2.25. The number of hydrogen-bond acceptors (Lipinski definition) is 5. The van der Waals surface area contributed by atoms with Crippen LogP contribution in [0.3, 0.4) is 0 Å². The second kappa shape index (κ2) is 5.15. The maximum absolute atomic E-state index is 6.18. The van der Waals surface area contributed by atoms with Gasteiger partial charge in [0.05, 0.1) is 5.69 Å². The van der Waals surface area contributed by atoms with Crippen LogP contribution in [0.1, 0.15) is 36.4 Å². The molecule has 1 saturated heterocycles. The lowest BCUT2D eigenvalue weighted by atomic mass is 9.99. The van der Waals surface area contributed by atoms with Crippen LogP contribution >= 0.6 is 11.3 Å². The van der Waals surface area contributed by atoms with Gasteiger partial charge < -0.3 is 15.5 Å². The van der Waals surface area contributed by atoms with Gasteiger partial charge in [0.1, 0.15) is 0 Å². The first-order chi connectivity index (χ1) is 8.78. The van der Waals surface area contributed by atoms with Gasteiger partial charge in [0.2, 0.25) is 0 Å². The van der Waals surface area contributed by atoms with Gasteiger partial charge in [-0.1, -0.05) is 18.3 Å². The summed E-state index contributed by atoms with van der Waals surface area (Å²) in [6, 6.07) is 0.233. The second-order valence-electron chi connectivity index (χ2n) is 5.23. The number of rotatable bonds is 2. The van der Waals surface area contributed by atoms with Crippen molar-refractivity contribution in [2.24, 2.45) is 5.73 Å². The maximum atomic E-state index is 6.18. The summed E-state index contributed by atoms with van der Waals surface area (Å²) < 4.78 is 0. The molecule has 4 nitrogen and oxygen atoms in total. The average molecular weight is 266 g/mol. The van der Waals surface area contributed by atoms with Crippen molar-refractivity contribution in [3.63, 3.8) is 0 Å². The van der Waals surface area contributed by atoms with Gasteiger partial charge in [0.25, 0.3) is 0 Å². The molecule has 3 rings (SSSR count). The van der Waals surface area contributed by atoms with E-state index in [1.165, 1.54) is 22.1 Å². The molecule has 100 valence electrons. The smallest absolute Gasteiger partial charge is 0.185 e. The van der Waals surface area contributed by atoms with E-state index < -0.39 is 0 Å². The van der Waals surface area contributed by atoms with Gasteiger partial charge in [-0.2, -0.15) is 0 Å². The second-order valence-corrected chi connectivity index (χ2v) is 6.24. The van der Waals surface area contributed by atoms with Crippen LogP contribution < -0.4 is 10.6 Å². The summed E-state index contributed by atoms with van der Waals surface area (Å²) >= 11 is 1.83. The fourth-order valence-corrected chi connectivity index (χ4v) is 4.03. The van der Waals surface area contributed by atoms with E-state index >= 15 is 0 Å². The predicted molar refractivity (Wildman–Crippen MR) is 76.3 cm³/mol. The van der Waals surface area contributed by atoms with E-state index in [9.17, 15) is 0 Å². The molecule has 2 heterocycles. The first-order valence-electron chi connectivity index (χ1n) is 7.00. The predicted octanol–water partition coefficient (Wildman–Crippen LogP) is 1.62. The fraction of sp³-hybridized carbons (Fsp3) is 0.769. The van der Waals surface area contributed by atoms with Crippen LogP contribution in [0.5, 0.6) is 0 Å². The standard InChI is InChI=1S/C13H22N4S/c1-2-16-6-8-17(9-7-16)13-15-11-5-3-4-10(14)12(11)18-13/h10H,2-9,14H2,1H3. The largest absolute Gasteiger partial charge is 0.346 e. The minimum Gasteiger partial charge on any atom is -0.346 e. The molecule has 0 spiro atoms. The summed E-state index contributed by atoms with van der Waals surface area (Å²) in [7, 11) is 0. The van der Waals surface area contributed by atoms with Crippen LogP contribution in [0.15, 0.2) is 0 Å². The summed E-state index contributed by atoms with van der Waals surface area (Å²) in [5.41, 5.74) is 7.45. The normalized spacial score (nSPS) is 25.2. The molecule has 5 heteroatoms. The topological polar surface area (TPSA) is 45.4 Å². The molecule has 2 aliphatic rings. The Labute approximate surface area is 113 Å². The van der Waals surface area contributed by atoms with Crippen molar-refractivity contribution in [3.05, 3.63) is 10.6 Å². The number of nitrogens with two attached hydrogens (primary N) is 1. The Morgan fingerprint density at radius 3 is 2.78 bits per heavy atom. The number of aromatic nitrogens is 1. The highest BCUT2D eigenvalue weighted by atomic mass is 32.1. The minimum atomic E-state index is 0.233. The lowest BCUT2D eigenvalue weighted by Crippen LogP contribution is -2.46. The summed E-state index contributed by atoms with van der Waals surface area (Å²) in [6.45, 7) is 7.93. The molecule has 1 fully saturated rings. The Kier molecular flexibility index (Phi) is 3.54. The lowest BCUT2D eigenvalue weighted by molar-refractivity contribution is 0.271. The van der Waals surface area contributed by atoms with E-state index in [4.69, 9.17) is 10.7 Å². The maximum Gasteiger partial charge on any atom is 0.185 e. The number of aryl methyl sites for hydroxylation is 1. The van der Waals surface area contributed by atoms with Crippen molar-refractivity contribution in [2.45, 2.75) is 32.2 Å². The molecule has 1 aromatic rings. The highest BCUT2D eigenvalue weighted by molar-refractivity contribution is 7.15. The van der Waals surface area contributed by atoms with Crippen molar-refractivity contribution < 1.29 is 0 Å². The van der Waals surface area contributed by atoms with Gasteiger partial charge in [-0.15, -0.1) is 0 Å². The average Bonchev–Trinajstić information content (AvgIpc) is 2.84. The third kappa shape index (κ3) is 2.27. The SMILES string of the molecule is CCN1CCN(c2nc3c(s2)C(N)CCC3)CC1. The van der Waals surface area contributed by atoms with Crippen molar-refractivity contribution >= 4 is 16.5 Å². The first kappa shape index (κ1) is 12.4. The lowest BCUT2D eigenvalue weighted by Gasteiger charge is -2.33. The number of hydrogen-bond donors (Lipinski definition) is 1. The Balaban J connectivity index is 1.74. The number of fused-ring (bicyclic) bond motifs is 1. The molecule has 0 bridgehead atoms. The van der Waals surface area contributed by atoms with Crippen LogP contribution in [0.4, 0.5) is 5.13 Å². The Morgan fingerprint density at radius 1 is 1.33 bits per heavy atom. The number of thiazole rings is 1. The highest BCUT2D eigenvalue weighted by Crippen LogP contribution is 2.36. The van der Waals surface area contributed by atoms with Crippen LogP contribution in [-0.4, -0.2) is 42.6 Å². The number of anilines is 1. The summed E-state index contributed by atoms with van der Waals surface area (Å²) in [4.78, 5) is 11.1. The third-order valence-corrected chi connectivity index (χ3v) is 5.36. The number of likely N-dealkylation sites (N-methyl/N-ethyl adjacent to an activating group) is 1. The molecule has 18 heavy (non-hydrogen) atoms. The monoisotopic (exact) mass is 266 g/mol. The minimum absolute atomic E-state index is 0.233. The van der Waals surface area contributed by atoms with Crippen molar-refractivity contribution in [2.75, 3.05) is 37.6 Å². The number of nitrogens with zero attached hydrogens (tertiary/aromatic N) is 3. The zero-order valence-corrected chi connectivity index (χ0v) is 11.9. The molecule has 0 aromatic carbocycles. The van der Waals surface area contributed by atoms with Crippen LogP contribution in [0.2, 0.25) is 0 Å². The van der Waals surface area contributed by atoms with Crippen LogP contribution in [0, 0.1) is 0 Å². The fourth-order valence-electron chi connectivity index (χ4n) is 2.83. The molecule has 1 atom stereocenters. The Morgan fingerprint density at radius 2 is 2.11 bits per heavy atom. The van der Waals surface area contributed by atoms with E-state index in [1.54, 1.807) is 0 Å². The van der Waals surface area contributed by atoms with Gasteiger partial charge in [-0.25, -0.2) is 4.98 Å². The van der Waals surface area contributed by atoms with E-state index in [-0.39, 0.29) is 6.04 Å². The molecule has 1 unspecified atom stereocenters. The molecule has 0 radical (unpaired) electrons. The van der Waals surface area contributed by atoms with Gasteiger partial charge >= 0.3 is 0 Å². The van der Waals surface area contributed by atoms with E-state index in [0.29, 0.717) is 0 Å². The van der Waals surface area contributed by atoms with Crippen molar-refractivity contribution in [1.82, 2.24) is 9.88 Å². The molecule has 2 N–H and O–H groups in total. The first-order valence-corrected chi connectivity index (χ1v) is 7.82. The zero-order valence-electron chi connectivity index (χ0n) is 11.1. The molecular formula is C13H22N4S. The van der Waals surface area contributed by atoms with Crippen molar-refractivity contribution in [1.29, 1.82) is 0 Å². The van der Waals surface area contributed by atoms with Crippen LogP contribution in [-0.2, 0) is 6.42 Å². The molecule has 1 aliphatic heterocycles. The Bertz CT molecular complexity index is 409. The molecular weight excluding hydrogens is 244 g/mol. The van der Waals surface area contributed by atoms with Gasteiger partial charge in [-0.05, 0) is 25.8 Å². The van der Waals surface area contributed by atoms with E-state index in [0.717, 1.165) is 45.6 Å². The van der Waals surface area contributed by atoms with Crippen molar-refractivity contribution in [3.8, 4) is 0 Å². The van der Waals surface area contributed by atoms with Gasteiger partial charge in [0.15, 0.2) is 5.13 Å². The van der Waals surface area contributed by atoms with Gasteiger partial charge in [-0.3, -0.25) is 0 Å². The molecule has 0 amide bonds. The summed E-state index contributed by atoms with van der Waals surface area (Å²) in [6.07, 6.45) is 3.44. The molecule has 1 aliphatic carbocycles. The quantitative estimate of drug-likeness (QED) is 0.883. The summed E-state index contributed by atoms with van der Waals surface area (Å²) in [5, 5.41) is 1.20. The third-order valence-electron chi connectivity index (χ3n) is 4.07. The van der Waals surface area contributed by atoms with Crippen LogP contribution in [0.25, 0.3) is 0 Å². The van der Waals surface area contributed by atoms with Gasteiger partial charge in [0, 0.05) is 37.1 Å². The Hall–Kier alpha value is -0.650. The number of piperazine rings is 1. The van der Waals surface area contributed by atoms with E-state index in [1.807, 2.05) is 11.3 Å². The molecule has 1 aromatic heterocycles.